The Balaban J connectivity index is 1.04. The molecule has 2 heteroatoms. The Labute approximate surface area is 414 Å². The van der Waals surface area contributed by atoms with Crippen LogP contribution >= 0.6 is 0 Å². The number of hydrogen-bond acceptors (Lipinski definition) is 2. The second-order valence-corrected chi connectivity index (χ2v) is 18.8. The van der Waals surface area contributed by atoms with Gasteiger partial charge in [0.2, 0.25) is 0 Å². The van der Waals surface area contributed by atoms with Crippen LogP contribution in [-0.2, 0) is 5.41 Å². The average molecular weight is 903 g/mol. The molecular formula is C69H46N2. The summed E-state index contributed by atoms with van der Waals surface area (Å²) in [5, 5.41) is 4.81. The van der Waals surface area contributed by atoms with Crippen LogP contribution in [0.3, 0.4) is 0 Å². The van der Waals surface area contributed by atoms with Gasteiger partial charge in [-0.2, -0.15) is 0 Å². The van der Waals surface area contributed by atoms with Crippen molar-refractivity contribution in [1.29, 1.82) is 0 Å². The standard InChI is InChI=1S/C69H46N2/c1-4-21-47(22-5-1)55-32-16-19-37-66(55)71(67-38-20-28-48-25-12-13-31-56(48)67)54-40-42-60-58-34-15-18-36-63(58)69(65(60)46-54)62-35-17-14-33-57(62)59-41-39-53(45-64(59)69)70(52-29-8-3-9-30-52)68-44-51-27-11-10-26-50(51)43-61(68)49-23-6-2-7-24-49/h1-46H. The van der Waals surface area contributed by atoms with E-state index >= 15 is 0 Å². The Morgan fingerprint density at radius 2 is 0.676 bits per heavy atom. The van der Waals surface area contributed by atoms with E-state index in [1.165, 1.54) is 88.3 Å². The van der Waals surface area contributed by atoms with E-state index in [2.05, 4.69) is 289 Å². The van der Waals surface area contributed by atoms with Crippen LogP contribution in [-0.4, -0.2) is 0 Å². The molecule has 0 saturated carbocycles. The van der Waals surface area contributed by atoms with E-state index in [9.17, 15) is 0 Å². The summed E-state index contributed by atoms with van der Waals surface area (Å²) >= 11 is 0. The van der Waals surface area contributed by atoms with Gasteiger partial charge in [0, 0.05) is 33.6 Å². The zero-order valence-electron chi connectivity index (χ0n) is 39.0. The predicted octanol–water partition coefficient (Wildman–Crippen LogP) is 18.6. The highest BCUT2D eigenvalue weighted by Crippen LogP contribution is 2.64. The van der Waals surface area contributed by atoms with Crippen LogP contribution in [0.25, 0.3) is 66.1 Å². The maximum Gasteiger partial charge on any atom is 0.0727 e. The third-order valence-electron chi connectivity index (χ3n) is 15.0. The first-order valence-electron chi connectivity index (χ1n) is 24.6. The first kappa shape index (κ1) is 40.8. The minimum atomic E-state index is -0.624. The maximum absolute atomic E-state index is 2.52. The smallest absolute Gasteiger partial charge is 0.0727 e. The fourth-order valence-electron chi connectivity index (χ4n) is 12.0. The Bertz CT molecular complexity index is 3990. The van der Waals surface area contributed by atoms with Gasteiger partial charge in [0.05, 0.1) is 22.5 Å². The predicted molar refractivity (Wildman–Crippen MR) is 298 cm³/mol. The molecular weight excluding hydrogens is 857 g/mol. The normalized spacial score (nSPS) is 14.0. The van der Waals surface area contributed by atoms with Crippen molar-refractivity contribution in [3.63, 3.8) is 0 Å². The van der Waals surface area contributed by atoms with Gasteiger partial charge in [-0.05, 0) is 132 Å². The summed E-state index contributed by atoms with van der Waals surface area (Å²) < 4.78 is 0. The molecule has 14 rings (SSSR count). The topological polar surface area (TPSA) is 6.48 Å². The van der Waals surface area contributed by atoms with E-state index in [4.69, 9.17) is 0 Å². The van der Waals surface area contributed by atoms with E-state index in [1.807, 2.05) is 0 Å². The molecule has 0 aliphatic heterocycles. The summed E-state index contributed by atoms with van der Waals surface area (Å²) in [6.45, 7) is 0. The molecule has 2 nitrogen and oxygen atoms in total. The third kappa shape index (κ3) is 6.35. The first-order chi connectivity index (χ1) is 35.2. The molecule has 1 unspecified atom stereocenters. The molecule has 0 radical (unpaired) electrons. The van der Waals surface area contributed by atoms with Gasteiger partial charge < -0.3 is 9.80 Å². The van der Waals surface area contributed by atoms with Gasteiger partial charge in [-0.25, -0.2) is 0 Å². The molecule has 0 heterocycles. The Morgan fingerprint density at radius 3 is 1.32 bits per heavy atom. The van der Waals surface area contributed by atoms with E-state index < -0.39 is 5.41 Å². The molecule has 0 N–H and O–H groups in total. The minimum Gasteiger partial charge on any atom is -0.310 e. The number of nitrogens with zero attached hydrogens (tertiary/aromatic N) is 2. The molecule has 2 aliphatic rings. The molecule has 2 aliphatic carbocycles. The van der Waals surface area contributed by atoms with Crippen LogP contribution in [0.1, 0.15) is 22.3 Å². The van der Waals surface area contributed by atoms with Crippen LogP contribution in [0.15, 0.2) is 279 Å². The number of para-hydroxylation sites is 2. The van der Waals surface area contributed by atoms with Crippen molar-refractivity contribution in [2.24, 2.45) is 0 Å². The Kier molecular flexibility index (Phi) is 9.47. The van der Waals surface area contributed by atoms with Crippen molar-refractivity contribution in [2.45, 2.75) is 5.41 Å². The summed E-state index contributed by atoms with van der Waals surface area (Å²) in [4.78, 5) is 4.98. The van der Waals surface area contributed by atoms with E-state index in [0.717, 1.165) is 34.1 Å². The lowest BCUT2D eigenvalue weighted by atomic mass is 9.70. The van der Waals surface area contributed by atoms with E-state index in [-0.39, 0.29) is 0 Å². The summed E-state index contributed by atoms with van der Waals surface area (Å²) in [5.41, 5.74) is 21.0. The molecule has 0 aromatic heterocycles. The molecule has 0 bridgehead atoms. The monoisotopic (exact) mass is 902 g/mol. The number of hydrogen-bond donors (Lipinski definition) is 0. The van der Waals surface area contributed by atoms with Crippen LogP contribution in [0.5, 0.6) is 0 Å². The molecule has 12 aromatic carbocycles. The van der Waals surface area contributed by atoms with E-state index in [0.29, 0.717) is 0 Å². The molecule has 0 fully saturated rings. The van der Waals surface area contributed by atoms with Gasteiger partial charge in [-0.3, -0.25) is 0 Å². The quantitative estimate of drug-likeness (QED) is 0.150. The number of anilines is 6. The lowest BCUT2D eigenvalue weighted by Gasteiger charge is -2.34. The highest BCUT2D eigenvalue weighted by Gasteiger charge is 2.52. The van der Waals surface area contributed by atoms with Gasteiger partial charge >= 0.3 is 0 Å². The molecule has 71 heavy (non-hydrogen) atoms. The molecule has 0 amide bonds. The van der Waals surface area contributed by atoms with Crippen LogP contribution < -0.4 is 9.80 Å². The van der Waals surface area contributed by atoms with E-state index in [1.54, 1.807) is 0 Å². The zero-order chi connectivity index (χ0) is 46.9. The molecule has 12 aromatic rings. The zero-order valence-corrected chi connectivity index (χ0v) is 39.0. The summed E-state index contributed by atoms with van der Waals surface area (Å²) in [6.07, 6.45) is 0. The lowest BCUT2D eigenvalue weighted by molar-refractivity contribution is 0.793. The highest BCUT2D eigenvalue weighted by molar-refractivity contribution is 6.04. The van der Waals surface area contributed by atoms with Crippen LogP contribution in [0, 0.1) is 0 Å². The van der Waals surface area contributed by atoms with Gasteiger partial charge in [-0.1, -0.05) is 218 Å². The Morgan fingerprint density at radius 1 is 0.225 bits per heavy atom. The maximum atomic E-state index is 2.52. The van der Waals surface area contributed by atoms with Crippen molar-refractivity contribution < 1.29 is 0 Å². The summed E-state index contributed by atoms with van der Waals surface area (Å²) in [7, 11) is 0. The van der Waals surface area contributed by atoms with Crippen LogP contribution in [0.2, 0.25) is 0 Å². The Hall–Kier alpha value is -9.24. The number of rotatable bonds is 8. The molecule has 0 saturated heterocycles. The SMILES string of the molecule is c1ccc(-c2cc3ccccc3cc2N(c2ccccc2)c2ccc3c(c2)C2(c4ccccc4-3)c3ccccc3-c3ccc(N(c4ccccc4-c4ccccc4)c4cccc5ccccc45)cc32)cc1. The van der Waals surface area contributed by atoms with Gasteiger partial charge in [0.15, 0.2) is 0 Å². The largest absolute Gasteiger partial charge is 0.310 e. The fourth-order valence-corrected chi connectivity index (χ4v) is 12.0. The first-order valence-corrected chi connectivity index (χ1v) is 24.6. The summed E-state index contributed by atoms with van der Waals surface area (Å²) in [6, 6.07) is 103. The van der Waals surface area contributed by atoms with Gasteiger partial charge in [0.25, 0.3) is 0 Å². The van der Waals surface area contributed by atoms with Crippen LogP contribution in [0.4, 0.5) is 34.1 Å². The molecule has 332 valence electrons. The van der Waals surface area contributed by atoms with Crippen molar-refractivity contribution in [2.75, 3.05) is 9.80 Å². The van der Waals surface area contributed by atoms with Crippen molar-refractivity contribution in [3.05, 3.63) is 301 Å². The number of benzene rings is 12. The van der Waals surface area contributed by atoms with Crippen molar-refractivity contribution >= 4 is 55.7 Å². The van der Waals surface area contributed by atoms with Gasteiger partial charge in [0.1, 0.15) is 0 Å². The van der Waals surface area contributed by atoms with Crippen molar-refractivity contribution in [1.82, 2.24) is 0 Å². The third-order valence-corrected chi connectivity index (χ3v) is 15.0. The highest BCUT2D eigenvalue weighted by atomic mass is 15.2. The fraction of sp³-hybridized carbons (Fsp3) is 0.0145. The second kappa shape index (κ2) is 16.5. The number of fused-ring (bicyclic) bond motifs is 12. The summed E-state index contributed by atoms with van der Waals surface area (Å²) in [5.74, 6) is 0. The van der Waals surface area contributed by atoms with Gasteiger partial charge in [-0.15, -0.1) is 0 Å². The lowest BCUT2D eigenvalue weighted by Crippen LogP contribution is -2.26. The average Bonchev–Trinajstić information content (AvgIpc) is 3.92. The minimum absolute atomic E-state index is 0.624. The molecule has 1 spiro atoms. The second-order valence-electron chi connectivity index (χ2n) is 18.8. The van der Waals surface area contributed by atoms with Crippen molar-refractivity contribution in [3.8, 4) is 44.5 Å². The molecule has 1 atom stereocenters.